The zero-order chi connectivity index (χ0) is 65.8. The molecule has 0 atom stereocenters. The van der Waals surface area contributed by atoms with Crippen molar-refractivity contribution in [1.29, 1.82) is 0 Å². The maximum Gasteiger partial charge on any atom is 0.235 e. The molecule has 0 N–H and O–H groups in total. The average Bonchev–Trinajstić information content (AvgIpc) is 1.42. The predicted octanol–water partition coefficient (Wildman–Crippen LogP) is 24.5. The normalized spacial score (nSPS) is 11.8. The Balaban J connectivity index is 0.788. The summed E-state index contributed by atoms with van der Waals surface area (Å²) in [6.07, 6.45) is 0. The highest BCUT2D eigenvalue weighted by Gasteiger charge is 2.26. The molecule has 0 aliphatic rings. The number of hydrogen-bond donors (Lipinski definition) is 0. The predicted molar refractivity (Wildman–Crippen MR) is 417 cm³/mol. The van der Waals surface area contributed by atoms with E-state index in [-0.39, 0.29) is 0 Å². The summed E-state index contributed by atoms with van der Waals surface area (Å²) in [5, 5.41) is 9.49. The molecule has 0 bridgehead atoms. The van der Waals surface area contributed by atoms with Crippen molar-refractivity contribution < 1.29 is 0 Å². The molecular weight excluding hydrogens is 1210 g/mol. The molecule has 5 aromatic heterocycles. The summed E-state index contributed by atoms with van der Waals surface area (Å²) in [4.78, 5) is 11.7. The number of rotatable bonds is 11. The topological polar surface area (TPSA) is 45.5 Å². The highest BCUT2D eigenvalue weighted by molar-refractivity contribution is 6.15. The van der Waals surface area contributed by atoms with Crippen molar-refractivity contribution in [3.8, 4) is 101 Å². The molecule has 15 aromatic carbocycles. The van der Waals surface area contributed by atoms with Crippen molar-refractivity contribution >= 4 is 87.2 Å². The van der Waals surface area contributed by atoms with Gasteiger partial charge in [0, 0.05) is 71.3 Å². The van der Waals surface area contributed by atoms with Crippen LogP contribution >= 0.6 is 0 Å². The summed E-state index contributed by atoms with van der Waals surface area (Å²) in [6.45, 7) is 0. The fourth-order valence-electron chi connectivity index (χ4n) is 15.9. The first kappa shape index (κ1) is 56.9. The van der Waals surface area contributed by atoms with Crippen LogP contribution in [-0.4, -0.2) is 28.2 Å². The van der Waals surface area contributed by atoms with Gasteiger partial charge in [0.05, 0.1) is 55.5 Å². The molecule has 0 aliphatic heterocycles. The van der Waals surface area contributed by atoms with Crippen molar-refractivity contribution in [2.45, 2.75) is 0 Å². The van der Waals surface area contributed by atoms with Crippen LogP contribution in [0.3, 0.4) is 0 Å². The van der Waals surface area contributed by atoms with E-state index in [1.807, 2.05) is 0 Å². The highest BCUT2D eigenvalue weighted by Crippen LogP contribution is 2.48. The molecule has 6 heteroatoms. The Morgan fingerprint density at radius 3 is 0.910 bits per heavy atom. The third-order valence-electron chi connectivity index (χ3n) is 20.4. The van der Waals surface area contributed by atoms with Crippen molar-refractivity contribution in [3.05, 3.63) is 364 Å². The van der Waals surface area contributed by atoms with Gasteiger partial charge in [-0.25, -0.2) is 9.97 Å². The van der Waals surface area contributed by atoms with Gasteiger partial charge >= 0.3 is 0 Å². The van der Waals surface area contributed by atoms with E-state index in [1.165, 1.54) is 59.9 Å². The maximum absolute atomic E-state index is 5.93. The van der Waals surface area contributed by atoms with Gasteiger partial charge in [-0.2, -0.15) is 0 Å². The molecule has 466 valence electrons. The molecule has 0 aliphatic carbocycles. The SMILES string of the molecule is c1ccc(-c2ccc(-c3ccccc3)c(-c3cc(-c4cccc(-n5c6ccccc6c6cc(-c7ccc8c(c7)c7ccccc7n8-c7ccccc7)ccc65)c4)nc(-n4c5ccccc5c5cc(-c6ccc7c(c6)c6ccccc6n7-c6ccccc6)ccc54)n3)c2-c2ccccc2)cc1. The van der Waals surface area contributed by atoms with Gasteiger partial charge in [-0.3, -0.25) is 4.57 Å². The van der Waals surface area contributed by atoms with E-state index in [4.69, 9.17) is 9.97 Å². The molecular formula is C94H60N6. The van der Waals surface area contributed by atoms with E-state index in [1.54, 1.807) is 0 Å². The van der Waals surface area contributed by atoms with E-state index in [2.05, 4.69) is 382 Å². The number of aromatic nitrogens is 6. The lowest BCUT2D eigenvalue weighted by Gasteiger charge is -2.21. The Morgan fingerprint density at radius 2 is 0.480 bits per heavy atom. The van der Waals surface area contributed by atoms with Gasteiger partial charge in [-0.05, 0) is 171 Å². The lowest BCUT2D eigenvalue weighted by molar-refractivity contribution is 0.995. The summed E-state index contributed by atoms with van der Waals surface area (Å²) in [5.41, 5.74) is 27.1. The van der Waals surface area contributed by atoms with Crippen molar-refractivity contribution in [3.63, 3.8) is 0 Å². The molecule has 0 spiro atoms. The Hall–Kier alpha value is -13.4. The van der Waals surface area contributed by atoms with Crippen LogP contribution in [0.25, 0.3) is 188 Å². The minimum absolute atomic E-state index is 0.572. The summed E-state index contributed by atoms with van der Waals surface area (Å²) in [6, 6.07) is 132. The second-order valence-electron chi connectivity index (χ2n) is 26.0. The smallest absolute Gasteiger partial charge is 0.235 e. The minimum Gasteiger partial charge on any atom is -0.309 e. The highest BCUT2D eigenvalue weighted by atomic mass is 15.2. The average molecular weight is 1270 g/mol. The van der Waals surface area contributed by atoms with Crippen LogP contribution < -0.4 is 0 Å². The van der Waals surface area contributed by atoms with Crippen molar-refractivity contribution in [1.82, 2.24) is 28.2 Å². The second-order valence-corrected chi connectivity index (χ2v) is 26.0. The molecule has 0 radical (unpaired) electrons. The van der Waals surface area contributed by atoms with E-state index in [0.717, 1.165) is 122 Å². The van der Waals surface area contributed by atoms with Crippen LogP contribution in [0.5, 0.6) is 0 Å². The van der Waals surface area contributed by atoms with Gasteiger partial charge in [0.2, 0.25) is 5.95 Å². The first-order valence-electron chi connectivity index (χ1n) is 34.2. The van der Waals surface area contributed by atoms with Crippen molar-refractivity contribution in [2.24, 2.45) is 0 Å². The summed E-state index contributed by atoms with van der Waals surface area (Å²) in [5.74, 6) is 0.572. The fraction of sp³-hybridized carbons (Fsp3) is 0. The van der Waals surface area contributed by atoms with E-state index >= 15 is 0 Å². The van der Waals surface area contributed by atoms with Gasteiger partial charge in [-0.15, -0.1) is 0 Å². The van der Waals surface area contributed by atoms with Gasteiger partial charge < -0.3 is 13.7 Å². The Labute approximate surface area is 577 Å². The first-order chi connectivity index (χ1) is 49.6. The van der Waals surface area contributed by atoms with E-state index in [0.29, 0.717) is 5.95 Å². The lowest BCUT2D eigenvalue weighted by atomic mass is 9.84. The van der Waals surface area contributed by atoms with Crippen LogP contribution in [0.15, 0.2) is 364 Å². The summed E-state index contributed by atoms with van der Waals surface area (Å²) >= 11 is 0. The molecule has 100 heavy (non-hydrogen) atoms. The van der Waals surface area contributed by atoms with Gasteiger partial charge in [0.25, 0.3) is 0 Å². The molecule has 20 aromatic rings. The number of hydrogen-bond acceptors (Lipinski definition) is 2. The number of fused-ring (bicyclic) bond motifs is 12. The molecule has 0 fully saturated rings. The maximum atomic E-state index is 5.93. The van der Waals surface area contributed by atoms with Crippen LogP contribution in [0.4, 0.5) is 0 Å². The molecule has 0 amide bonds. The lowest BCUT2D eigenvalue weighted by Crippen LogP contribution is -2.05. The standard InChI is InChI=1S/C94H60N6/c1-6-25-61(26-7-1)72-49-50-73(62-27-8-2-9-28-62)93(92(72)63-29-10-3-11-30-63)83-60-82(95-94(96-83)100-87-44-23-19-40-77(87)81-59-67(48-54-91(81)100)65-46-52-89-79(57-65)75-38-17-21-42-85(75)98(89)70-34-14-5-15-35-70)68-31-24-36-71(55-68)99-86-43-22-18-39-76(86)80-58-66(47-53-90(80)99)64-45-51-88-78(56-64)74-37-16-20-41-84(74)97(88)69-32-12-4-13-33-69/h1-60H. The monoisotopic (exact) mass is 1270 g/mol. The molecule has 5 heterocycles. The summed E-state index contributed by atoms with van der Waals surface area (Å²) < 4.78 is 9.47. The zero-order valence-electron chi connectivity index (χ0n) is 54.3. The van der Waals surface area contributed by atoms with Crippen LogP contribution in [0.2, 0.25) is 0 Å². The third-order valence-corrected chi connectivity index (χ3v) is 20.4. The Morgan fingerprint density at radius 1 is 0.170 bits per heavy atom. The molecule has 0 saturated heterocycles. The third kappa shape index (κ3) is 9.19. The van der Waals surface area contributed by atoms with Crippen molar-refractivity contribution in [2.75, 3.05) is 0 Å². The van der Waals surface area contributed by atoms with Crippen LogP contribution in [0.1, 0.15) is 0 Å². The number of nitrogens with zero attached hydrogens (tertiary/aromatic N) is 6. The van der Waals surface area contributed by atoms with Crippen LogP contribution in [-0.2, 0) is 0 Å². The largest absolute Gasteiger partial charge is 0.309 e. The Bertz CT molecular complexity index is 6620. The minimum atomic E-state index is 0.572. The quantitative estimate of drug-likeness (QED) is 0.130. The molecule has 20 rings (SSSR count). The number of para-hydroxylation sites is 6. The van der Waals surface area contributed by atoms with Gasteiger partial charge in [0.15, 0.2) is 0 Å². The summed E-state index contributed by atoms with van der Waals surface area (Å²) in [7, 11) is 0. The van der Waals surface area contributed by atoms with E-state index in [9.17, 15) is 0 Å². The number of benzene rings is 15. The van der Waals surface area contributed by atoms with Gasteiger partial charge in [0.1, 0.15) is 0 Å². The van der Waals surface area contributed by atoms with E-state index < -0.39 is 0 Å². The van der Waals surface area contributed by atoms with Gasteiger partial charge in [-0.1, -0.05) is 249 Å². The molecule has 6 nitrogen and oxygen atoms in total. The molecule has 0 saturated carbocycles. The Kier molecular flexibility index (Phi) is 13.2. The zero-order valence-corrected chi connectivity index (χ0v) is 54.3. The first-order valence-corrected chi connectivity index (χ1v) is 34.2. The van der Waals surface area contributed by atoms with Crippen LogP contribution in [0, 0.1) is 0 Å². The second kappa shape index (κ2) is 23.2. The fourth-order valence-corrected chi connectivity index (χ4v) is 15.9. The molecule has 0 unspecified atom stereocenters.